The summed E-state index contributed by atoms with van der Waals surface area (Å²) >= 11 is 0. The predicted octanol–water partition coefficient (Wildman–Crippen LogP) is 2.13. The van der Waals surface area contributed by atoms with Crippen molar-refractivity contribution in [3.05, 3.63) is 24.0 Å². The molecule has 5 nitrogen and oxygen atoms in total. The molecule has 0 saturated carbocycles. The van der Waals surface area contributed by atoms with Gasteiger partial charge in [-0.25, -0.2) is 4.39 Å². The lowest BCUT2D eigenvalue weighted by molar-refractivity contribution is -0.123. The molecular formula is C13H19ClFN3O2. The molecule has 0 aliphatic carbocycles. The van der Waals surface area contributed by atoms with Gasteiger partial charge in [-0.1, -0.05) is 0 Å². The highest BCUT2D eigenvalue weighted by Crippen LogP contribution is 2.22. The van der Waals surface area contributed by atoms with E-state index in [1.54, 1.807) is 13.8 Å². The third-order valence-electron chi connectivity index (χ3n) is 2.66. The molecule has 1 rings (SSSR count). The highest BCUT2D eigenvalue weighted by molar-refractivity contribution is 5.96. The van der Waals surface area contributed by atoms with Crippen molar-refractivity contribution in [2.45, 2.75) is 20.8 Å². The normalized spacial score (nSPS) is 10.4. The predicted molar refractivity (Wildman–Crippen MR) is 79.4 cm³/mol. The molecule has 7 heteroatoms. The lowest BCUT2D eigenvalue weighted by Gasteiger charge is -2.21. The first-order valence-corrected chi connectivity index (χ1v) is 5.85. The van der Waals surface area contributed by atoms with Crippen LogP contribution in [0.4, 0.5) is 15.8 Å². The largest absolute Gasteiger partial charge is 0.329 e. The summed E-state index contributed by atoms with van der Waals surface area (Å²) in [5.74, 6) is -1.23. The van der Waals surface area contributed by atoms with Crippen LogP contribution in [-0.2, 0) is 9.59 Å². The second-order valence-electron chi connectivity index (χ2n) is 4.92. The van der Waals surface area contributed by atoms with Gasteiger partial charge in [0.2, 0.25) is 11.8 Å². The zero-order valence-corrected chi connectivity index (χ0v) is 12.4. The Hall–Kier alpha value is -1.66. The molecule has 20 heavy (non-hydrogen) atoms. The van der Waals surface area contributed by atoms with Gasteiger partial charge in [-0.05, 0) is 32.0 Å². The summed E-state index contributed by atoms with van der Waals surface area (Å²) in [5.41, 5.74) is 5.11. The van der Waals surface area contributed by atoms with Gasteiger partial charge >= 0.3 is 0 Å². The number of benzene rings is 1. The van der Waals surface area contributed by atoms with E-state index in [2.05, 4.69) is 10.6 Å². The van der Waals surface area contributed by atoms with E-state index in [0.717, 1.165) is 0 Å². The van der Waals surface area contributed by atoms with E-state index in [4.69, 9.17) is 5.73 Å². The van der Waals surface area contributed by atoms with Crippen molar-refractivity contribution in [2.24, 2.45) is 11.1 Å². The lowest BCUT2D eigenvalue weighted by Crippen LogP contribution is -2.37. The maximum Gasteiger partial charge on any atom is 0.231 e. The summed E-state index contributed by atoms with van der Waals surface area (Å²) in [6, 6.07) is 3.96. The number of carbonyl (C=O) groups excluding carboxylic acids is 2. The second-order valence-corrected chi connectivity index (χ2v) is 4.92. The van der Waals surface area contributed by atoms with E-state index in [1.807, 2.05) is 0 Å². The third kappa shape index (κ3) is 4.79. The molecule has 0 saturated heterocycles. The summed E-state index contributed by atoms with van der Waals surface area (Å²) in [6.45, 7) is 4.82. The first-order chi connectivity index (χ1) is 8.76. The van der Waals surface area contributed by atoms with E-state index >= 15 is 0 Å². The van der Waals surface area contributed by atoms with Crippen LogP contribution in [0.1, 0.15) is 20.8 Å². The molecule has 0 aromatic heterocycles. The minimum absolute atomic E-state index is 0. The van der Waals surface area contributed by atoms with Crippen molar-refractivity contribution >= 4 is 35.6 Å². The number of halogens is 2. The van der Waals surface area contributed by atoms with Crippen molar-refractivity contribution in [2.75, 3.05) is 17.2 Å². The molecule has 0 radical (unpaired) electrons. The van der Waals surface area contributed by atoms with E-state index in [9.17, 15) is 14.0 Å². The number of nitrogens with two attached hydrogens (primary N) is 1. The van der Waals surface area contributed by atoms with Crippen LogP contribution in [0.25, 0.3) is 0 Å². The Morgan fingerprint density at radius 3 is 2.40 bits per heavy atom. The van der Waals surface area contributed by atoms with Crippen molar-refractivity contribution in [3.63, 3.8) is 0 Å². The standard InChI is InChI=1S/C13H18FN3O2.ClH/c1-8(18)16-9-4-5-10(14)11(6-9)17-12(19)13(2,3)7-15;/h4-6H,7,15H2,1-3H3,(H,16,18)(H,17,19);1H. The topological polar surface area (TPSA) is 84.2 Å². The summed E-state index contributed by atoms with van der Waals surface area (Å²) in [4.78, 5) is 22.8. The molecular weight excluding hydrogens is 285 g/mol. The van der Waals surface area contributed by atoms with E-state index in [1.165, 1.54) is 25.1 Å². The molecule has 1 aromatic rings. The molecule has 0 bridgehead atoms. The number of anilines is 2. The van der Waals surface area contributed by atoms with Gasteiger partial charge in [-0.15, -0.1) is 12.4 Å². The minimum Gasteiger partial charge on any atom is -0.329 e. The van der Waals surface area contributed by atoms with Gasteiger partial charge in [-0.3, -0.25) is 9.59 Å². The SMILES string of the molecule is CC(=O)Nc1ccc(F)c(NC(=O)C(C)(C)CN)c1.Cl. The van der Waals surface area contributed by atoms with E-state index in [-0.39, 0.29) is 36.5 Å². The van der Waals surface area contributed by atoms with Crippen LogP contribution in [0.2, 0.25) is 0 Å². The second kappa shape index (κ2) is 7.21. The molecule has 4 N–H and O–H groups in total. The summed E-state index contributed by atoms with van der Waals surface area (Å²) < 4.78 is 13.6. The van der Waals surface area contributed by atoms with Crippen molar-refractivity contribution in [1.29, 1.82) is 0 Å². The fraction of sp³-hybridized carbons (Fsp3) is 0.385. The van der Waals surface area contributed by atoms with Crippen molar-refractivity contribution in [1.82, 2.24) is 0 Å². The van der Waals surface area contributed by atoms with Gasteiger partial charge in [0.05, 0.1) is 11.1 Å². The number of amides is 2. The fourth-order valence-electron chi connectivity index (χ4n) is 1.29. The Morgan fingerprint density at radius 2 is 1.90 bits per heavy atom. The first-order valence-electron chi connectivity index (χ1n) is 5.85. The molecule has 0 fully saturated rings. The highest BCUT2D eigenvalue weighted by Gasteiger charge is 2.26. The molecule has 0 atom stereocenters. The Labute approximate surface area is 123 Å². The molecule has 0 aliphatic rings. The van der Waals surface area contributed by atoms with Gasteiger partial charge in [0.25, 0.3) is 0 Å². The van der Waals surface area contributed by atoms with Gasteiger partial charge in [0, 0.05) is 19.2 Å². The van der Waals surface area contributed by atoms with Gasteiger partial charge in [0.1, 0.15) is 5.82 Å². The maximum atomic E-state index is 13.6. The smallest absolute Gasteiger partial charge is 0.231 e. The van der Waals surface area contributed by atoms with E-state index < -0.39 is 11.2 Å². The quantitative estimate of drug-likeness (QED) is 0.796. The van der Waals surface area contributed by atoms with Crippen LogP contribution in [0, 0.1) is 11.2 Å². The van der Waals surface area contributed by atoms with Crippen LogP contribution in [-0.4, -0.2) is 18.4 Å². The number of carbonyl (C=O) groups is 2. The average molecular weight is 304 g/mol. The number of rotatable bonds is 4. The first kappa shape index (κ1) is 18.3. The van der Waals surface area contributed by atoms with Crippen molar-refractivity contribution in [3.8, 4) is 0 Å². The Morgan fingerprint density at radius 1 is 1.30 bits per heavy atom. The number of nitrogens with one attached hydrogen (secondary N) is 2. The van der Waals surface area contributed by atoms with Crippen LogP contribution in [0.5, 0.6) is 0 Å². The Bertz CT molecular complexity index is 506. The summed E-state index contributed by atoms with van der Waals surface area (Å²) in [5, 5.41) is 4.99. The van der Waals surface area contributed by atoms with Gasteiger partial charge in [0.15, 0.2) is 0 Å². The summed E-state index contributed by atoms with van der Waals surface area (Å²) in [6.07, 6.45) is 0. The minimum atomic E-state index is -0.795. The van der Waals surface area contributed by atoms with Crippen LogP contribution < -0.4 is 16.4 Å². The van der Waals surface area contributed by atoms with Gasteiger partial charge < -0.3 is 16.4 Å². The third-order valence-corrected chi connectivity index (χ3v) is 2.66. The molecule has 2 amide bonds. The molecule has 0 heterocycles. The van der Waals surface area contributed by atoms with Gasteiger partial charge in [-0.2, -0.15) is 0 Å². The highest BCUT2D eigenvalue weighted by atomic mass is 35.5. The molecule has 112 valence electrons. The molecule has 1 aromatic carbocycles. The van der Waals surface area contributed by atoms with Crippen molar-refractivity contribution < 1.29 is 14.0 Å². The molecule has 0 spiro atoms. The number of hydrogen-bond acceptors (Lipinski definition) is 3. The van der Waals surface area contributed by atoms with E-state index in [0.29, 0.717) is 5.69 Å². The summed E-state index contributed by atoms with van der Waals surface area (Å²) in [7, 11) is 0. The van der Waals surface area contributed by atoms with Crippen LogP contribution >= 0.6 is 12.4 Å². The lowest BCUT2D eigenvalue weighted by atomic mass is 9.92. The molecule has 0 aliphatic heterocycles. The number of hydrogen-bond donors (Lipinski definition) is 3. The Kier molecular flexibility index (Phi) is 6.61. The fourth-order valence-corrected chi connectivity index (χ4v) is 1.29. The Balaban J connectivity index is 0.00000361. The maximum absolute atomic E-state index is 13.6. The van der Waals surface area contributed by atoms with Crippen LogP contribution in [0.15, 0.2) is 18.2 Å². The van der Waals surface area contributed by atoms with Crippen LogP contribution in [0.3, 0.4) is 0 Å². The average Bonchev–Trinajstić information content (AvgIpc) is 2.32. The molecule has 0 unspecified atom stereocenters. The zero-order valence-electron chi connectivity index (χ0n) is 11.6. The zero-order chi connectivity index (χ0) is 14.6. The monoisotopic (exact) mass is 303 g/mol.